The summed E-state index contributed by atoms with van der Waals surface area (Å²) in [6.07, 6.45) is 4.05. The van der Waals surface area contributed by atoms with Crippen LogP contribution in [0.4, 0.5) is 10.9 Å². The van der Waals surface area contributed by atoms with Crippen molar-refractivity contribution in [1.29, 1.82) is 0 Å². The molecule has 0 amide bonds. The third-order valence-corrected chi connectivity index (χ3v) is 5.63. The molecule has 1 saturated heterocycles. The van der Waals surface area contributed by atoms with E-state index in [0.717, 1.165) is 54.0 Å². The molecule has 1 aliphatic rings. The summed E-state index contributed by atoms with van der Waals surface area (Å²) in [5.41, 5.74) is 7.06. The van der Waals surface area contributed by atoms with Crippen molar-refractivity contribution in [2.24, 2.45) is 5.16 Å². The maximum absolute atomic E-state index is 5.82. The van der Waals surface area contributed by atoms with Gasteiger partial charge in [-0.3, -0.25) is 0 Å². The smallest absolute Gasteiger partial charge is 0.180 e. The van der Waals surface area contributed by atoms with Crippen LogP contribution in [0.2, 0.25) is 0 Å². The average Bonchev–Trinajstić information content (AvgIpc) is 3.20. The zero-order valence-electron chi connectivity index (χ0n) is 16.9. The lowest BCUT2D eigenvalue weighted by molar-refractivity contribution is 0.107. The molecule has 9 heteroatoms. The number of fused-ring (bicyclic) bond motifs is 1. The highest BCUT2D eigenvalue weighted by molar-refractivity contribution is 7.13. The number of anilines is 2. The van der Waals surface area contributed by atoms with Gasteiger partial charge in [0.2, 0.25) is 0 Å². The molecule has 2 aromatic heterocycles. The number of nitrogen functional groups attached to an aromatic ring is 1. The molecule has 0 aliphatic carbocycles. The van der Waals surface area contributed by atoms with Gasteiger partial charge >= 0.3 is 0 Å². The summed E-state index contributed by atoms with van der Waals surface area (Å²) < 4.78 is 5.82. The first kappa shape index (κ1) is 20.4. The van der Waals surface area contributed by atoms with Crippen molar-refractivity contribution in [2.75, 3.05) is 37.4 Å². The van der Waals surface area contributed by atoms with Crippen LogP contribution in [0, 0.1) is 0 Å². The van der Waals surface area contributed by atoms with E-state index in [4.69, 9.17) is 15.3 Å². The van der Waals surface area contributed by atoms with E-state index in [0.29, 0.717) is 30.1 Å². The van der Waals surface area contributed by atoms with Crippen molar-refractivity contribution in [3.63, 3.8) is 0 Å². The van der Waals surface area contributed by atoms with Crippen molar-refractivity contribution in [1.82, 2.24) is 15.3 Å². The fourth-order valence-electron chi connectivity index (χ4n) is 3.36. The van der Waals surface area contributed by atoms with Gasteiger partial charge in [-0.1, -0.05) is 5.16 Å². The second kappa shape index (κ2) is 9.73. The monoisotopic (exact) mass is 426 g/mol. The van der Waals surface area contributed by atoms with Crippen LogP contribution in [-0.2, 0) is 4.84 Å². The quantitative estimate of drug-likeness (QED) is 0.288. The number of oxime groups is 1. The molecule has 3 aromatic rings. The lowest BCUT2D eigenvalue weighted by Gasteiger charge is -2.24. The highest BCUT2D eigenvalue weighted by atomic mass is 32.1. The van der Waals surface area contributed by atoms with E-state index in [-0.39, 0.29) is 0 Å². The first-order valence-electron chi connectivity index (χ1n) is 10.1. The van der Waals surface area contributed by atoms with Gasteiger partial charge in [-0.25, -0.2) is 9.97 Å². The molecule has 0 radical (unpaired) electrons. The van der Waals surface area contributed by atoms with E-state index < -0.39 is 0 Å². The molecule has 0 saturated carbocycles. The zero-order chi connectivity index (χ0) is 20.8. The molecular weight excluding hydrogens is 400 g/mol. The standard InChI is InChI=1S/C21H26N6O2S/c1-14(19-13-30-21(22)26-19)27-29-11-10-28-17-2-3-18-15(12-17)4-9-24-20(18)25-16-5-7-23-8-6-16/h2-4,9,12-13,16,23H,5-8,10-11H2,1H3,(H2,22,26)(H,24,25)/b27-14+. The number of nitrogens with one attached hydrogen (secondary N) is 2. The Morgan fingerprint density at radius 1 is 1.30 bits per heavy atom. The first-order chi connectivity index (χ1) is 14.7. The molecule has 0 atom stereocenters. The van der Waals surface area contributed by atoms with Gasteiger partial charge in [-0.15, -0.1) is 11.3 Å². The van der Waals surface area contributed by atoms with Crippen LogP contribution in [0.1, 0.15) is 25.5 Å². The minimum atomic E-state index is 0.341. The Morgan fingerprint density at radius 2 is 2.17 bits per heavy atom. The Labute approximate surface area is 179 Å². The lowest BCUT2D eigenvalue weighted by atomic mass is 10.1. The van der Waals surface area contributed by atoms with E-state index >= 15 is 0 Å². The molecule has 0 unspecified atom stereocenters. The van der Waals surface area contributed by atoms with E-state index in [9.17, 15) is 0 Å². The van der Waals surface area contributed by atoms with Crippen LogP contribution < -0.4 is 21.1 Å². The Hall–Kier alpha value is -2.91. The van der Waals surface area contributed by atoms with Crippen molar-refractivity contribution in [3.05, 3.63) is 41.5 Å². The number of hydrogen-bond acceptors (Lipinski definition) is 9. The second-order valence-corrected chi connectivity index (χ2v) is 8.03. The molecule has 30 heavy (non-hydrogen) atoms. The van der Waals surface area contributed by atoms with Crippen molar-refractivity contribution < 1.29 is 9.57 Å². The van der Waals surface area contributed by atoms with E-state index in [2.05, 4.69) is 31.8 Å². The van der Waals surface area contributed by atoms with Crippen LogP contribution in [0.5, 0.6) is 5.75 Å². The average molecular weight is 427 g/mol. The van der Waals surface area contributed by atoms with Gasteiger partial charge in [-0.2, -0.15) is 0 Å². The molecule has 0 spiro atoms. The number of hydrogen-bond donors (Lipinski definition) is 3. The highest BCUT2D eigenvalue weighted by Gasteiger charge is 2.14. The normalized spacial score (nSPS) is 15.3. The van der Waals surface area contributed by atoms with Gasteiger partial charge in [0, 0.05) is 23.0 Å². The number of nitrogens with zero attached hydrogens (tertiary/aromatic N) is 3. The molecule has 1 fully saturated rings. The topological polar surface area (TPSA) is 107 Å². The molecule has 1 aliphatic heterocycles. The zero-order valence-corrected chi connectivity index (χ0v) is 17.7. The predicted molar refractivity (Wildman–Crippen MR) is 121 cm³/mol. The molecule has 158 valence electrons. The van der Waals surface area contributed by atoms with E-state index in [1.54, 1.807) is 0 Å². The predicted octanol–water partition coefficient (Wildman–Crippen LogP) is 3.26. The summed E-state index contributed by atoms with van der Waals surface area (Å²) in [5.74, 6) is 1.72. The fraction of sp³-hybridized carbons (Fsp3) is 0.381. The van der Waals surface area contributed by atoms with E-state index in [1.807, 2.05) is 36.7 Å². The maximum Gasteiger partial charge on any atom is 0.180 e. The van der Waals surface area contributed by atoms with Crippen LogP contribution >= 0.6 is 11.3 Å². The number of aromatic nitrogens is 2. The maximum atomic E-state index is 5.82. The Balaban J connectivity index is 1.31. The van der Waals surface area contributed by atoms with Gasteiger partial charge in [-0.05, 0) is 62.5 Å². The van der Waals surface area contributed by atoms with Crippen LogP contribution in [0.25, 0.3) is 10.8 Å². The van der Waals surface area contributed by atoms with Gasteiger partial charge in [0.25, 0.3) is 0 Å². The minimum absolute atomic E-state index is 0.341. The molecule has 1 aromatic carbocycles. The van der Waals surface area contributed by atoms with Crippen LogP contribution in [0.3, 0.4) is 0 Å². The van der Waals surface area contributed by atoms with Crippen molar-refractivity contribution in [3.8, 4) is 5.75 Å². The summed E-state index contributed by atoms with van der Waals surface area (Å²) in [5, 5.41) is 15.6. The number of thiazole rings is 1. The largest absolute Gasteiger partial charge is 0.490 e. The Bertz CT molecular complexity index is 1020. The highest BCUT2D eigenvalue weighted by Crippen LogP contribution is 2.26. The minimum Gasteiger partial charge on any atom is -0.490 e. The second-order valence-electron chi connectivity index (χ2n) is 7.14. The molecule has 4 N–H and O–H groups in total. The summed E-state index contributed by atoms with van der Waals surface area (Å²) in [4.78, 5) is 14.0. The molecular formula is C21H26N6O2S. The number of pyridine rings is 1. The summed E-state index contributed by atoms with van der Waals surface area (Å²) in [6.45, 7) is 4.66. The van der Waals surface area contributed by atoms with Crippen LogP contribution in [-0.4, -0.2) is 48.0 Å². The third kappa shape index (κ3) is 5.17. The molecule has 4 rings (SSSR count). The SMILES string of the molecule is C/C(=N\OCCOc1ccc2c(NC3CCNCC3)nccc2c1)c1csc(N)n1. The molecule has 3 heterocycles. The molecule has 0 bridgehead atoms. The van der Waals surface area contributed by atoms with Gasteiger partial charge in [0.05, 0.1) is 0 Å². The lowest BCUT2D eigenvalue weighted by Crippen LogP contribution is -2.35. The van der Waals surface area contributed by atoms with Crippen LogP contribution in [0.15, 0.2) is 41.0 Å². The number of rotatable bonds is 8. The number of piperidine rings is 1. The Kier molecular flexibility index (Phi) is 6.60. The van der Waals surface area contributed by atoms with Gasteiger partial charge in [0.1, 0.15) is 29.6 Å². The number of nitrogens with two attached hydrogens (primary N) is 1. The Morgan fingerprint density at radius 3 is 2.97 bits per heavy atom. The first-order valence-corrected chi connectivity index (χ1v) is 10.9. The van der Waals surface area contributed by atoms with Crippen molar-refractivity contribution in [2.45, 2.75) is 25.8 Å². The number of benzene rings is 1. The van der Waals surface area contributed by atoms with Crippen molar-refractivity contribution >= 4 is 38.8 Å². The summed E-state index contributed by atoms with van der Waals surface area (Å²) in [7, 11) is 0. The number of ether oxygens (including phenoxy) is 1. The molecule has 8 nitrogen and oxygen atoms in total. The van der Waals surface area contributed by atoms with Gasteiger partial charge < -0.3 is 25.9 Å². The van der Waals surface area contributed by atoms with E-state index in [1.165, 1.54) is 11.3 Å². The fourth-order valence-corrected chi connectivity index (χ4v) is 3.97. The summed E-state index contributed by atoms with van der Waals surface area (Å²) in [6, 6.07) is 8.50. The summed E-state index contributed by atoms with van der Waals surface area (Å²) >= 11 is 1.38. The van der Waals surface area contributed by atoms with Gasteiger partial charge in [0.15, 0.2) is 11.7 Å². The third-order valence-electron chi connectivity index (χ3n) is 4.95.